The number of hydrogen-bond acceptors (Lipinski definition) is 5. The molecule has 27 heavy (non-hydrogen) atoms. The van der Waals surface area contributed by atoms with E-state index in [1.807, 2.05) is 10.9 Å². The lowest BCUT2D eigenvalue weighted by Gasteiger charge is -2.49. The molecule has 1 aromatic heterocycles. The maximum Gasteiger partial charge on any atom is 0.113 e. The van der Waals surface area contributed by atoms with Gasteiger partial charge in [0, 0.05) is 43.5 Å². The Bertz CT molecular complexity index is 776. The number of methoxy groups -OCH3 is 1. The van der Waals surface area contributed by atoms with Gasteiger partial charge < -0.3 is 14.4 Å². The van der Waals surface area contributed by atoms with Crippen LogP contribution in [0.25, 0.3) is 11.3 Å². The van der Waals surface area contributed by atoms with E-state index < -0.39 is 0 Å². The van der Waals surface area contributed by atoms with Crippen molar-refractivity contribution >= 4 is 5.69 Å². The van der Waals surface area contributed by atoms with Crippen LogP contribution in [0.2, 0.25) is 0 Å². The summed E-state index contributed by atoms with van der Waals surface area (Å²) in [4.78, 5) is 2.41. The van der Waals surface area contributed by atoms with Crippen molar-refractivity contribution in [1.82, 2.24) is 15.0 Å². The molecule has 2 fully saturated rings. The number of anilines is 1. The summed E-state index contributed by atoms with van der Waals surface area (Å²) < 4.78 is 13.1. The zero-order valence-corrected chi connectivity index (χ0v) is 16.6. The molecule has 1 atom stereocenters. The van der Waals surface area contributed by atoms with Crippen LogP contribution in [0.1, 0.15) is 31.7 Å². The molecule has 0 N–H and O–H groups in total. The van der Waals surface area contributed by atoms with Gasteiger partial charge in [-0.3, -0.25) is 0 Å². The van der Waals surface area contributed by atoms with Gasteiger partial charge in [-0.15, -0.1) is 5.10 Å². The SMILES string of the molecule is COCC1(C)CN(c2ccc(-c3cn(CC4CCCCO4)nn3)c(C)c2)C1. The molecule has 1 unspecified atom stereocenters. The van der Waals surface area contributed by atoms with E-state index in [9.17, 15) is 0 Å². The first-order chi connectivity index (χ1) is 13.1. The molecule has 2 saturated heterocycles. The highest BCUT2D eigenvalue weighted by Gasteiger charge is 2.38. The lowest BCUT2D eigenvalue weighted by atomic mass is 9.82. The minimum Gasteiger partial charge on any atom is -0.384 e. The van der Waals surface area contributed by atoms with Gasteiger partial charge in [0.15, 0.2) is 0 Å². The molecule has 0 spiro atoms. The van der Waals surface area contributed by atoms with E-state index in [4.69, 9.17) is 9.47 Å². The Morgan fingerprint density at radius 3 is 2.85 bits per heavy atom. The molecular formula is C21H30N4O2. The summed E-state index contributed by atoms with van der Waals surface area (Å²) in [5.74, 6) is 0. The lowest BCUT2D eigenvalue weighted by Crippen LogP contribution is -2.57. The standard InChI is InChI=1S/C21H30N4O2/c1-16-10-17(24-13-21(2,14-24)15-26-3)7-8-19(16)20-12-25(23-22-20)11-18-6-4-5-9-27-18/h7-8,10,12,18H,4-6,9,11,13-15H2,1-3H3. The van der Waals surface area contributed by atoms with Crippen molar-refractivity contribution in [3.8, 4) is 11.3 Å². The summed E-state index contributed by atoms with van der Waals surface area (Å²) in [5, 5.41) is 8.71. The molecule has 0 amide bonds. The minimum atomic E-state index is 0.268. The van der Waals surface area contributed by atoms with E-state index in [1.165, 1.54) is 24.1 Å². The fraction of sp³-hybridized carbons (Fsp3) is 0.619. The fourth-order valence-corrected chi connectivity index (χ4v) is 4.30. The molecule has 2 aromatic rings. The van der Waals surface area contributed by atoms with Crippen molar-refractivity contribution in [2.24, 2.45) is 5.41 Å². The Labute approximate surface area is 161 Å². The van der Waals surface area contributed by atoms with Gasteiger partial charge in [0.05, 0.1) is 25.5 Å². The normalized spacial score (nSPS) is 21.9. The highest BCUT2D eigenvalue weighted by molar-refractivity contribution is 5.67. The smallest absolute Gasteiger partial charge is 0.113 e. The third kappa shape index (κ3) is 4.01. The summed E-state index contributed by atoms with van der Waals surface area (Å²) in [6, 6.07) is 6.62. The molecule has 2 aliphatic rings. The molecule has 146 valence electrons. The van der Waals surface area contributed by atoms with E-state index in [0.29, 0.717) is 0 Å². The zero-order chi connectivity index (χ0) is 18.9. The molecular weight excluding hydrogens is 340 g/mol. The maximum absolute atomic E-state index is 5.81. The lowest BCUT2D eigenvalue weighted by molar-refractivity contribution is 0.00370. The predicted molar refractivity (Wildman–Crippen MR) is 106 cm³/mol. The van der Waals surface area contributed by atoms with Gasteiger partial charge in [0.25, 0.3) is 0 Å². The second-order valence-electron chi connectivity index (χ2n) is 8.41. The summed E-state index contributed by atoms with van der Waals surface area (Å²) >= 11 is 0. The Hall–Kier alpha value is -1.92. The first-order valence-electron chi connectivity index (χ1n) is 9.93. The highest BCUT2D eigenvalue weighted by atomic mass is 16.5. The second-order valence-corrected chi connectivity index (χ2v) is 8.41. The van der Waals surface area contributed by atoms with Gasteiger partial charge in [0.1, 0.15) is 5.69 Å². The van der Waals surface area contributed by atoms with Crippen LogP contribution in [0.5, 0.6) is 0 Å². The van der Waals surface area contributed by atoms with Gasteiger partial charge >= 0.3 is 0 Å². The second kappa shape index (κ2) is 7.60. The summed E-state index contributed by atoms with van der Waals surface area (Å²) in [6.45, 7) is 8.98. The first kappa shape index (κ1) is 18.4. The van der Waals surface area contributed by atoms with Crippen LogP contribution in [0.4, 0.5) is 5.69 Å². The van der Waals surface area contributed by atoms with Gasteiger partial charge in [-0.25, -0.2) is 4.68 Å². The van der Waals surface area contributed by atoms with Crippen LogP contribution in [0.3, 0.4) is 0 Å². The van der Waals surface area contributed by atoms with Crippen molar-refractivity contribution in [2.75, 3.05) is 38.3 Å². The number of rotatable bonds is 6. The van der Waals surface area contributed by atoms with Crippen LogP contribution < -0.4 is 4.90 Å². The van der Waals surface area contributed by atoms with E-state index >= 15 is 0 Å². The van der Waals surface area contributed by atoms with Crippen LogP contribution >= 0.6 is 0 Å². The Balaban J connectivity index is 1.42. The molecule has 4 rings (SSSR count). The minimum absolute atomic E-state index is 0.268. The summed E-state index contributed by atoms with van der Waals surface area (Å²) in [5.41, 5.74) is 4.85. The Kier molecular flexibility index (Phi) is 5.19. The van der Waals surface area contributed by atoms with Crippen LogP contribution in [0, 0.1) is 12.3 Å². The number of benzene rings is 1. The largest absolute Gasteiger partial charge is 0.384 e. The van der Waals surface area contributed by atoms with Crippen LogP contribution in [-0.2, 0) is 16.0 Å². The van der Waals surface area contributed by atoms with E-state index in [0.717, 1.165) is 50.5 Å². The van der Waals surface area contributed by atoms with Gasteiger partial charge in [-0.05, 0) is 43.9 Å². The Morgan fingerprint density at radius 2 is 2.15 bits per heavy atom. The van der Waals surface area contributed by atoms with E-state index in [-0.39, 0.29) is 11.5 Å². The van der Waals surface area contributed by atoms with Crippen molar-refractivity contribution in [1.29, 1.82) is 0 Å². The van der Waals surface area contributed by atoms with Crippen molar-refractivity contribution in [2.45, 2.75) is 45.8 Å². The molecule has 3 heterocycles. The third-order valence-electron chi connectivity index (χ3n) is 5.69. The van der Waals surface area contributed by atoms with Gasteiger partial charge in [-0.1, -0.05) is 18.2 Å². The fourth-order valence-electron chi connectivity index (χ4n) is 4.30. The molecule has 6 nitrogen and oxygen atoms in total. The highest BCUT2D eigenvalue weighted by Crippen LogP contribution is 2.36. The first-order valence-corrected chi connectivity index (χ1v) is 9.93. The molecule has 2 aliphatic heterocycles. The molecule has 0 saturated carbocycles. The molecule has 0 bridgehead atoms. The average Bonchev–Trinajstić information content (AvgIpc) is 3.08. The zero-order valence-electron chi connectivity index (χ0n) is 16.6. The molecule has 1 aromatic carbocycles. The number of hydrogen-bond donors (Lipinski definition) is 0. The average molecular weight is 370 g/mol. The maximum atomic E-state index is 5.81. The van der Waals surface area contributed by atoms with E-state index in [1.54, 1.807) is 7.11 Å². The Morgan fingerprint density at radius 1 is 1.30 bits per heavy atom. The van der Waals surface area contributed by atoms with Crippen LogP contribution in [-0.4, -0.2) is 54.5 Å². The van der Waals surface area contributed by atoms with Gasteiger partial charge in [-0.2, -0.15) is 0 Å². The number of nitrogens with zero attached hydrogens (tertiary/aromatic N) is 4. The molecule has 0 radical (unpaired) electrons. The summed E-state index contributed by atoms with van der Waals surface area (Å²) in [6.07, 6.45) is 5.84. The quantitative estimate of drug-likeness (QED) is 0.781. The number of aromatic nitrogens is 3. The van der Waals surface area contributed by atoms with Crippen LogP contribution in [0.15, 0.2) is 24.4 Å². The summed E-state index contributed by atoms with van der Waals surface area (Å²) in [7, 11) is 1.78. The van der Waals surface area contributed by atoms with Crippen molar-refractivity contribution in [3.05, 3.63) is 30.0 Å². The predicted octanol–water partition coefficient (Wildman–Crippen LogP) is 3.30. The number of aryl methyl sites for hydroxylation is 1. The topological polar surface area (TPSA) is 52.4 Å². The number of ether oxygens (including phenoxy) is 2. The third-order valence-corrected chi connectivity index (χ3v) is 5.69. The molecule has 0 aliphatic carbocycles. The van der Waals surface area contributed by atoms with Gasteiger partial charge in [0.2, 0.25) is 0 Å². The van der Waals surface area contributed by atoms with E-state index in [2.05, 4.69) is 47.3 Å². The van der Waals surface area contributed by atoms with Crippen molar-refractivity contribution < 1.29 is 9.47 Å². The molecule has 6 heteroatoms. The van der Waals surface area contributed by atoms with Crippen molar-refractivity contribution in [3.63, 3.8) is 0 Å². The monoisotopic (exact) mass is 370 g/mol.